The van der Waals surface area contributed by atoms with Crippen LogP contribution in [0, 0.1) is 5.82 Å². The molecule has 94 valence electrons. The van der Waals surface area contributed by atoms with Crippen LogP contribution in [0.3, 0.4) is 0 Å². The van der Waals surface area contributed by atoms with Crippen molar-refractivity contribution in [3.05, 3.63) is 41.7 Å². The van der Waals surface area contributed by atoms with E-state index in [1.807, 2.05) is 6.92 Å². The van der Waals surface area contributed by atoms with Gasteiger partial charge >= 0.3 is 0 Å². The van der Waals surface area contributed by atoms with E-state index in [1.165, 1.54) is 6.07 Å². The molecule has 0 radical (unpaired) electrons. The molecule has 3 heteroatoms. The van der Waals surface area contributed by atoms with Crippen molar-refractivity contribution >= 4 is 0 Å². The molecule has 0 amide bonds. The number of benzene rings is 1. The minimum absolute atomic E-state index is 0.203. The van der Waals surface area contributed by atoms with Crippen LogP contribution in [0.5, 0.6) is 5.75 Å². The van der Waals surface area contributed by atoms with Crippen molar-refractivity contribution in [2.24, 2.45) is 0 Å². The number of halogens is 1. The maximum Gasteiger partial charge on any atom is 0.132 e. The van der Waals surface area contributed by atoms with Crippen molar-refractivity contribution in [3.63, 3.8) is 0 Å². The van der Waals surface area contributed by atoms with Crippen LogP contribution >= 0.6 is 0 Å². The van der Waals surface area contributed by atoms with Crippen LogP contribution in [0.4, 0.5) is 4.39 Å². The SMILES string of the molecule is C=C(C)C(NCCC)c1c(F)cccc1OC. The van der Waals surface area contributed by atoms with E-state index in [9.17, 15) is 4.39 Å². The second-order valence-electron chi connectivity index (χ2n) is 4.09. The summed E-state index contributed by atoms with van der Waals surface area (Å²) in [6, 6.07) is 4.65. The van der Waals surface area contributed by atoms with Gasteiger partial charge < -0.3 is 10.1 Å². The fraction of sp³-hybridized carbons (Fsp3) is 0.429. The number of rotatable bonds is 6. The molecule has 0 saturated heterocycles. The summed E-state index contributed by atoms with van der Waals surface area (Å²) >= 11 is 0. The Morgan fingerprint density at radius 1 is 1.53 bits per heavy atom. The van der Waals surface area contributed by atoms with Crippen LogP contribution in [0.25, 0.3) is 0 Å². The standard InChI is InChI=1S/C14H20FNO/c1-5-9-16-14(10(2)3)13-11(15)7-6-8-12(13)17-4/h6-8,14,16H,2,5,9H2,1,3-4H3. The maximum atomic E-state index is 13.9. The van der Waals surface area contributed by atoms with Crippen LogP contribution in [0.2, 0.25) is 0 Å². The van der Waals surface area contributed by atoms with Gasteiger partial charge in [-0.25, -0.2) is 4.39 Å². The monoisotopic (exact) mass is 237 g/mol. The zero-order valence-electron chi connectivity index (χ0n) is 10.7. The predicted molar refractivity (Wildman–Crippen MR) is 68.8 cm³/mol. The van der Waals surface area contributed by atoms with Crippen LogP contribution in [-0.4, -0.2) is 13.7 Å². The van der Waals surface area contributed by atoms with Gasteiger partial charge in [-0.05, 0) is 32.0 Å². The Balaban J connectivity index is 3.12. The fourth-order valence-electron chi connectivity index (χ4n) is 1.79. The van der Waals surface area contributed by atoms with Gasteiger partial charge in [0.2, 0.25) is 0 Å². The lowest BCUT2D eigenvalue weighted by Crippen LogP contribution is -2.24. The van der Waals surface area contributed by atoms with E-state index >= 15 is 0 Å². The van der Waals surface area contributed by atoms with Crippen LogP contribution in [0.1, 0.15) is 31.9 Å². The van der Waals surface area contributed by atoms with E-state index in [2.05, 4.69) is 18.8 Å². The van der Waals surface area contributed by atoms with Gasteiger partial charge in [-0.15, -0.1) is 0 Å². The number of hydrogen-bond acceptors (Lipinski definition) is 2. The highest BCUT2D eigenvalue weighted by Crippen LogP contribution is 2.31. The molecule has 0 aliphatic rings. The normalized spacial score (nSPS) is 12.2. The molecule has 0 spiro atoms. The minimum atomic E-state index is -0.263. The van der Waals surface area contributed by atoms with Gasteiger partial charge in [0.1, 0.15) is 11.6 Å². The summed E-state index contributed by atoms with van der Waals surface area (Å²) in [6.45, 7) is 8.69. The first kappa shape index (κ1) is 13.7. The second kappa shape index (κ2) is 6.40. The van der Waals surface area contributed by atoms with Crippen molar-refractivity contribution in [2.45, 2.75) is 26.3 Å². The molecule has 17 heavy (non-hydrogen) atoms. The van der Waals surface area contributed by atoms with Crippen molar-refractivity contribution in [3.8, 4) is 5.75 Å². The Labute approximate surface area is 102 Å². The zero-order valence-corrected chi connectivity index (χ0v) is 10.7. The number of ether oxygens (including phenoxy) is 1. The lowest BCUT2D eigenvalue weighted by molar-refractivity contribution is 0.396. The van der Waals surface area contributed by atoms with Crippen molar-refractivity contribution in [2.75, 3.05) is 13.7 Å². The van der Waals surface area contributed by atoms with Crippen molar-refractivity contribution in [1.82, 2.24) is 5.32 Å². The number of hydrogen-bond donors (Lipinski definition) is 1. The van der Waals surface area contributed by atoms with E-state index in [-0.39, 0.29) is 11.9 Å². The summed E-state index contributed by atoms with van der Waals surface area (Å²) in [5.41, 5.74) is 1.41. The smallest absolute Gasteiger partial charge is 0.132 e. The summed E-state index contributed by atoms with van der Waals surface area (Å²) in [7, 11) is 1.55. The lowest BCUT2D eigenvalue weighted by Gasteiger charge is -2.22. The molecule has 1 rings (SSSR count). The van der Waals surface area contributed by atoms with E-state index in [1.54, 1.807) is 19.2 Å². The summed E-state index contributed by atoms with van der Waals surface area (Å²) in [4.78, 5) is 0. The molecule has 0 aliphatic heterocycles. The predicted octanol–water partition coefficient (Wildman–Crippen LogP) is 3.45. The van der Waals surface area contributed by atoms with Gasteiger partial charge in [0.05, 0.1) is 18.7 Å². The molecule has 0 bridgehead atoms. The third-order valence-corrected chi connectivity index (χ3v) is 2.61. The Morgan fingerprint density at radius 2 is 2.24 bits per heavy atom. The van der Waals surface area contributed by atoms with Crippen molar-refractivity contribution in [1.29, 1.82) is 0 Å². The molecule has 1 N–H and O–H groups in total. The summed E-state index contributed by atoms with van der Waals surface area (Å²) in [5, 5.41) is 3.28. The molecule has 1 atom stereocenters. The van der Waals surface area contributed by atoms with Crippen molar-refractivity contribution < 1.29 is 9.13 Å². The van der Waals surface area contributed by atoms with Gasteiger partial charge in [-0.3, -0.25) is 0 Å². The zero-order chi connectivity index (χ0) is 12.8. The first-order valence-electron chi connectivity index (χ1n) is 5.83. The van der Waals surface area contributed by atoms with E-state index in [4.69, 9.17) is 4.74 Å². The second-order valence-corrected chi connectivity index (χ2v) is 4.09. The van der Waals surface area contributed by atoms with Gasteiger partial charge in [0.15, 0.2) is 0 Å². The number of nitrogens with one attached hydrogen (secondary N) is 1. The Bertz CT molecular complexity index is 390. The lowest BCUT2D eigenvalue weighted by atomic mass is 9.99. The third-order valence-electron chi connectivity index (χ3n) is 2.61. The summed E-state index contributed by atoms with van der Waals surface area (Å²) in [6.07, 6.45) is 0.987. The molecule has 0 fully saturated rings. The van der Waals surface area contributed by atoms with Gasteiger partial charge in [-0.1, -0.05) is 25.1 Å². The first-order chi connectivity index (χ1) is 8.11. The Kier molecular flexibility index (Phi) is 5.16. The van der Waals surface area contributed by atoms with Gasteiger partial charge in [0.25, 0.3) is 0 Å². The van der Waals surface area contributed by atoms with Crippen LogP contribution in [-0.2, 0) is 0 Å². The highest BCUT2D eigenvalue weighted by Gasteiger charge is 2.20. The molecule has 0 aliphatic carbocycles. The fourth-order valence-corrected chi connectivity index (χ4v) is 1.79. The van der Waals surface area contributed by atoms with E-state index in [0.717, 1.165) is 18.5 Å². The molecule has 0 aromatic heterocycles. The highest BCUT2D eigenvalue weighted by atomic mass is 19.1. The number of methoxy groups -OCH3 is 1. The quantitative estimate of drug-likeness (QED) is 0.765. The highest BCUT2D eigenvalue weighted by molar-refractivity contribution is 5.40. The molecular weight excluding hydrogens is 217 g/mol. The Hall–Kier alpha value is -1.35. The van der Waals surface area contributed by atoms with Crippen LogP contribution in [0.15, 0.2) is 30.4 Å². The van der Waals surface area contributed by atoms with E-state index < -0.39 is 0 Å². The third kappa shape index (κ3) is 3.30. The van der Waals surface area contributed by atoms with Gasteiger partial charge in [0, 0.05) is 0 Å². The largest absolute Gasteiger partial charge is 0.496 e. The Morgan fingerprint density at radius 3 is 2.76 bits per heavy atom. The minimum Gasteiger partial charge on any atom is -0.496 e. The first-order valence-corrected chi connectivity index (χ1v) is 5.83. The average Bonchev–Trinajstić information content (AvgIpc) is 2.30. The topological polar surface area (TPSA) is 21.3 Å². The summed E-state index contributed by atoms with van der Waals surface area (Å²) < 4.78 is 19.1. The van der Waals surface area contributed by atoms with Crippen LogP contribution < -0.4 is 10.1 Å². The van der Waals surface area contributed by atoms with Gasteiger partial charge in [-0.2, -0.15) is 0 Å². The van der Waals surface area contributed by atoms with E-state index in [0.29, 0.717) is 11.3 Å². The molecule has 2 nitrogen and oxygen atoms in total. The molecule has 1 aromatic rings. The molecule has 0 heterocycles. The maximum absolute atomic E-state index is 13.9. The molecule has 0 saturated carbocycles. The molecule has 1 aromatic carbocycles. The average molecular weight is 237 g/mol. The molecule has 1 unspecified atom stereocenters. The molecular formula is C14H20FNO. The summed E-state index contributed by atoms with van der Waals surface area (Å²) in [5.74, 6) is 0.294.